The maximum absolute atomic E-state index is 14.2. The van der Waals surface area contributed by atoms with E-state index in [1.165, 1.54) is 39.7 Å². The fourth-order valence-corrected chi connectivity index (χ4v) is 4.94. The van der Waals surface area contributed by atoms with Crippen molar-refractivity contribution in [2.24, 2.45) is 0 Å². The molecule has 4 nitrogen and oxygen atoms in total. The van der Waals surface area contributed by atoms with Crippen LogP contribution in [0, 0.1) is 5.82 Å². The Morgan fingerprint density at radius 3 is 2.96 bits per heavy atom. The molecule has 0 fully saturated rings. The highest BCUT2D eigenvalue weighted by atomic mass is 32.1. The van der Waals surface area contributed by atoms with E-state index in [0.29, 0.717) is 5.13 Å². The van der Waals surface area contributed by atoms with Crippen LogP contribution < -0.4 is 4.90 Å². The number of para-hydroxylation sites is 1. The van der Waals surface area contributed by atoms with Gasteiger partial charge in [0.25, 0.3) is 0 Å². The number of aromatic nitrogens is 1. The predicted molar refractivity (Wildman–Crippen MR) is 103 cm³/mol. The van der Waals surface area contributed by atoms with Gasteiger partial charge < -0.3 is 0 Å². The molecule has 4 rings (SSSR count). The second kappa shape index (κ2) is 7.26. The van der Waals surface area contributed by atoms with Crippen molar-refractivity contribution in [1.82, 2.24) is 9.88 Å². The first-order chi connectivity index (χ1) is 12.6. The minimum Gasteiger partial charge on any atom is -0.293 e. The zero-order chi connectivity index (χ0) is 18.1. The molecule has 7 heteroatoms. The third-order valence-electron chi connectivity index (χ3n) is 4.41. The van der Waals surface area contributed by atoms with Crippen molar-refractivity contribution < 1.29 is 9.18 Å². The lowest BCUT2D eigenvalue weighted by atomic mass is 10.1. The highest BCUT2D eigenvalue weighted by Gasteiger charge is 2.22. The zero-order valence-electron chi connectivity index (χ0n) is 14.3. The quantitative estimate of drug-likeness (QED) is 0.657. The number of nitrogens with zero attached hydrogens (tertiary/aromatic N) is 3. The van der Waals surface area contributed by atoms with Crippen LogP contribution in [-0.2, 0) is 24.3 Å². The molecule has 0 saturated heterocycles. The van der Waals surface area contributed by atoms with E-state index in [9.17, 15) is 9.18 Å². The molecule has 134 valence electrons. The molecule has 1 amide bonds. The van der Waals surface area contributed by atoms with Crippen molar-refractivity contribution in [2.75, 3.05) is 11.4 Å². The van der Waals surface area contributed by atoms with Gasteiger partial charge in [-0.1, -0.05) is 12.1 Å². The molecule has 0 saturated carbocycles. The second-order valence-electron chi connectivity index (χ2n) is 6.26. The fraction of sp³-hybridized carbons (Fsp3) is 0.263. The van der Waals surface area contributed by atoms with Gasteiger partial charge in [0, 0.05) is 36.8 Å². The number of thiophene rings is 1. The van der Waals surface area contributed by atoms with E-state index < -0.39 is 5.82 Å². The van der Waals surface area contributed by atoms with Gasteiger partial charge in [0.15, 0.2) is 5.13 Å². The van der Waals surface area contributed by atoms with Crippen LogP contribution in [-0.4, -0.2) is 22.3 Å². The minimum absolute atomic E-state index is 0.238. The summed E-state index contributed by atoms with van der Waals surface area (Å²) in [5, 5.41) is 4.61. The Bertz CT molecular complexity index is 936. The largest absolute Gasteiger partial charge is 0.293 e. The van der Waals surface area contributed by atoms with Crippen molar-refractivity contribution in [3.05, 3.63) is 63.0 Å². The molecular formula is C19H18FN3OS2. The molecule has 1 aliphatic rings. The van der Waals surface area contributed by atoms with Crippen LogP contribution in [0.25, 0.3) is 0 Å². The van der Waals surface area contributed by atoms with Gasteiger partial charge in [0.05, 0.1) is 11.4 Å². The van der Waals surface area contributed by atoms with Crippen LogP contribution in [0.15, 0.2) is 41.1 Å². The Labute approximate surface area is 159 Å². The Hall–Kier alpha value is -2.09. The molecule has 3 heterocycles. The molecule has 0 atom stereocenters. The Morgan fingerprint density at radius 2 is 2.15 bits per heavy atom. The highest BCUT2D eigenvalue weighted by Crippen LogP contribution is 2.31. The molecular weight excluding hydrogens is 369 g/mol. The summed E-state index contributed by atoms with van der Waals surface area (Å²) in [5.74, 6) is -0.683. The Balaban J connectivity index is 1.53. The number of hydrogen-bond acceptors (Lipinski definition) is 5. The molecule has 0 bridgehead atoms. The lowest BCUT2D eigenvalue weighted by molar-refractivity contribution is -0.115. The first kappa shape index (κ1) is 17.3. The number of carbonyl (C=O) groups is 1. The molecule has 1 aromatic carbocycles. The van der Waals surface area contributed by atoms with Crippen molar-refractivity contribution in [3.8, 4) is 0 Å². The van der Waals surface area contributed by atoms with Crippen LogP contribution in [0.3, 0.4) is 0 Å². The van der Waals surface area contributed by atoms with E-state index in [2.05, 4.69) is 21.3 Å². The number of fused-ring (bicyclic) bond motifs is 1. The van der Waals surface area contributed by atoms with Gasteiger partial charge >= 0.3 is 0 Å². The van der Waals surface area contributed by atoms with Gasteiger partial charge in [-0.15, -0.1) is 22.7 Å². The summed E-state index contributed by atoms with van der Waals surface area (Å²) in [6.45, 7) is 4.09. The van der Waals surface area contributed by atoms with Crippen molar-refractivity contribution >= 4 is 39.4 Å². The smallest absolute Gasteiger partial charge is 0.230 e. The van der Waals surface area contributed by atoms with Crippen LogP contribution in [0.2, 0.25) is 0 Å². The minimum atomic E-state index is -0.430. The summed E-state index contributed by atoms with van der Waals surface area (Å²) in [7, 11) is 0. The van der Waals surface area contributed by atoms with Crippen molar-refractivity contribution in [1.29, 1.82) is 0 Å². The number of amides is 1. The number of benzene rings is 1. The molecule has 0 radical (unpaired) electrons. The summed E-state index contributed by atoms with van der Waals surface area (Å²) in [6.07, 6.45) is 1.07. The summed E-state index contributed by atoms with van der Waals surface area (Å²) in [5.41, 5.74) is 2.54. The van der Waals surface area contributed by atoms with Crippen LogP contribution in [0.5, 0.6) is 0 Å². The molecule has 26 heavy (non-hydrogen) atoms. The maximum atomic E-state index is 14.2. The van der Waals surface area contributed by atoms with Crippen LogP contribution in [0.4, 0.5) is 15.2 Å². The van der Waals surface area contributed by atoms with Crippen LogP contribution in [0.1, 0.15) is 23.1 Å². The van der Waals surface area contributed by atoms with Crippen molar-refractivity contribution in [3.63, 3.8) is 0 Å². The molecule has 0 unspecified atom stereocenters. The van der Waals surface area contributed by atoms with E-state index in [1.54, 1.807) is 18.2 Å². The molecule has 2 aromatic heterocycles. The number of anilines is 2. The van der Waals surface area contributed by atoms with Crippen LogP contribution >= 0.6 is 22.7 Å². The number of halogens is 1. The zero-order valence-corrected chi connectivity index (χ0v) is 15.9. The topological polar surface area (TPSA) is 36.4 Å². The Kier molecular flexibility index (Phi) is 4.84. The van der Waals surface area contributed by atoms with Gasteiger partial charge in [-0.05, 0) is 35.6 Å². The third-order valence-corrected chi connectivity index (χ3v) is 6.31. The number of rotatable bonds is 4. The average molecular weight is 388 g/mol. The SMILES string of the molecule is CC(=O)N(c1nc(CN2CCc3sccc3C2)cs1)c1ccccc1F. The van der Waals surface area contributed by atoms with Gasteiger partial charge in [-0.2, -0.15) is 0 Å². The van der Waals surface area contributed by atoms with E-state index in [-0.39, 0.29) is 11.6 Å². The third kappa shape index (κ3) is 3.42. The van der Waals surface area contributed by atoms with E-state index >= 15 is 0 Å². The maximum Gasteiger partial charge on any atom is 0.230 e. The molecule has 0 aliphatic carbocycles. The number of thiazole rings is 1. The molecule has 0 spiro atoms. The van der Waals surface area contributed by atoms with Gasteiger partial charge in [0.2, 0.25) is 5.91 Å². The van der Waals surface area contributed by atoms with Gasteiger partial charge in [-0.3, -0.25) is 14.6 Å². The number of carbonyl (C=O) groups excluding carboxylic acids is 1. The second-order valence-corrected chi connectivity index (χ2v) is 8.09. The normalized spacial score (nSPS) is 14.2. The van der Waals surface area contributed by atoms with Gasteiger partial charge in [-0.25, -0.2) is 9.37 Å². The van der Waals surface area contributed by atoms with E-state index in [0.717, 1.165) is 31.7 Å². The summed E-state index contributed by atoms with van der Waals surface area (Å²) in [6, 6.07) is 8.47. The average Bonchev–Trinajstić information content (AvgIpc) is 3.26. The fourth-order valence-electron chi connectivity index (χ4n) is 3.18. The molecule has 3 aromatic rings. The van der Waals surface area contributed by atoms with Gasteiger partial charge in [0.1, 0.15) is 5.82 Å². The first-order valence-electron chi connectivity index (χ1n) is 8.39. The van der Waals surface area contributed by atoms with Crippen molar-refractivity contribution in [2.45, 2.75) is 26.4 Å². The predicted octanol–water partition coefficient (Wildman–Crippen LogP) is 4.59. The summed E-state index contributed by atoms with van der Waals surface area (Å²) < 4.78 is 14.2. The van der Waals surface area contributed by atoms with E-state index in [1.807, 2.05) is 16.7 Å². The molecule has 0 N–H and O–H groups in total. The monoisotopic (exact) mass is 387 g/mol. The summed E-state index contributed by atoms with van der Waals surface area (Å²) in [4.78, 5) is 21.9. The standard InChI is InChI=1S/C19H18FN3OS2/c1-13(24)23(17-5-3-2-4-16(17)20)19-21-15(12-26-19)11-22-8-6-18-14(10-22)7-9-25-18/h2-5,7,9,12H,6,8,10-11H2,1H3. The first-order valence-corrected chi connectivity index (χ1v) is 10.1. The lowest BCUT2D eigenvalue weighted by Crippen LogP contribution is -2.29. The highest BCUT2D eigenvalue weighted by molar-refractivity contribution is 7.14. The molecule has 1 aliphatic heterocycles. The Morgan fingerprint density at radius 1 is 1.31 bits per heavy atom. The number of hydrogen-bond donors (Lipinski definition) is 0. The summed E-state index contributed by atoms with van der Waals surface area (Å²) >= 11 is 3.19. The lowest BCUT2D eigenvalue weighted by Gasteiger charge is -2.26. The van der Waals surface area contributed by atoms with E-state index in [4.69, 9.17) is 0 Å².